The van der Waals surface area contributed by atoms with E-state index in [2.05, 4.69) is 19.5 Å². The lowest BCUT2D eigenvalue weighted by Gasteiger charge is -2.41. The van der Waals surface area contributed by atoms with Gasteiger partial charge in [-0.2, -0.15) is 0 Å². The third-order valence-electron chi connectivity index (χ3n) is 4.39. The molecule has 144 valence electrons. The van der Waals surface area contributed by atoms with Crippen molar-refractivity contribution < 1.29 is 28.0 Å². The zero-order valence-corrected chi connectivity index (χ0v) is 15.6. The molecule has 0 saturated carbocycles. The van der Waals surface area contributed by atoms with Gasteiger partial charge in [0.2, 0.25) is 0 Å². The third-order valence-corrected chi connectivity index (χ3v) is 5.36. The zero-order chi connectivity index (χ0) is 18.9. The number of ether oxygens (including phenoxy) is 2. The molecule has 0 aromatic carbocycles. The van der Waals surface area contributed by atoms with E-state index in [0.29, 0.717) is 24.0 Å². The van der Waals surface area contributed by atoms with Gasteiger partial charge in [0.05, 0.1) is 18.5 Å². The summed E-state index contributed by atoms with van der Waals surface area (Å²) in [6, 6.07) is 0. The Morgan fingerprint density at radius 1 is 1.42 bits per heavy atom. The first-order chi connectivity index (χ1) is 12.4. The van der Waals surface area contributed by atoms with Crippen molar-refractivity contribution in [2.45, 2.75) is 44.3 Å². The van der Waals surface area contributed by atoms with E-state index in [9.17, 15) is 9.46 Å². The molecule has 26 heavy (non-hydrogen) atoms. The highest BCUT2D eigenvalue weighted by Gasteiger charge is 2.43. The Balaban J connectivity index is 1.90. The molecule has 3 rings (SSSR count). The van der Waals surface area contributed by atoms with Gasteiger partial charge in [-0.1, -0.05) is 6.92 Å². The fourth-order valence-electron chi connectivity index (χ4n) is 3.06. The second kappa shape index (κ2) is 7.55. The number of aromatic nitrogens is 4. The number of rotatable bonds is 6. The Bertz CT molecular complexity index is 802. The second-order valence-corrected chi connectivity index (χ2v) is 7.36. The number of nitrogens with zero attached hydrogens (tertiary/aromatic N) is 4. The fraction of sp³-hybridized carbons (Fsp3) is 0.643. The first-order valence-corrected chi connectivity index (χ1v) is 9.58. The molecule has 3 heterocycles. The van der Waals surface area contributed by atoms with Crippen LogP contribution in [-0.2, 0) is 23.1 Å². The second-order valence-electron chi connectivity index (χ2n) is 5.85. The molecule has 0 bridgehead atoms. The van der Waals surface area contributed by atoms with Crippen LogP contribution in [0.3, 0.4) is 0 Å². The quantitative estimate of drug-likeness (QED) is 0.695. The van der Waals surface area contributed by atoms with Crippen LogP contribution in [0, 0.1) is 0 Å². The van der Waals surface area contributed by atoms with E-state index in [0.717, 1.165) is 7.11 Å². The number of nitrogen functional groups attached to an aromatic ring is 1. The summed E-state index contributed by atoms with van der Waals surface area (Å²) in [5.41, 5.74) is 6.85. The molecule has 3 N–H and O–H groups in total. The molecule has 11 nitrogen and oxygen atoms in total. The Morgan fingerprint density at radius 3 is 2.85 bits per heavy atom. The van der Waals surface area contributed by atoms with Crippen LogP contribution >= 0.6 is 7.82 Å². The number of anilines is 1. The Hall–Kier alpha value is -1.62. The van der Waals surface area contributed by atoms with Crippen LogP contribution in [0.4, 0.5) is 5.82 Å². The summed E-state index contributed by atoms with van der Waals surface area (Å²) >= 11 is 0. The molecule has 5 atom stereocenters. The average Bonchev–Trinajstić information content (AvgIpc) is 3.07. The zero-order valence-electron chi connectivity index (χ0n) is 14.7. The smallest absolute Gasteiger partial charge is 0.382 e. The van der Waals surface area contributed by atoms with Gasteiger partial charge in [0.25, 0.3) is 0 Å². The molecular weight excluding hydrogens is 365 g/mol. The van der Waals surface area contributed by atoms with E-state index < -0.39 is 32.4 Å². The molecule has 0 amide bonds. The highest BCUT2D eigenvalue weighted by atomic mass is 31.2. The third kappa shape index (κ3) is 3.59. The molecule has 2 aromatic heterocycles. The van der Waals surface area contributed by atoms with Crippen LogP contribution in [0.1, 0.15) is 26.0 Å². The Kier molecular flexibility index (Phi) is 5.56. The van der Waals surface area contributed by atoms with Gasteiger partial charge in [-0.15, -0.1) is 0 Å². The van der Waals surface area contributed by atoms with Crippen molar-refractivity contribution in [1.29, 1.82) is 0 Å². The average molecular weight is 387 g/mol. The highest BCUT2D eigenvalue weighted by molar-refractivity contribution is 7.47. The molecule has 2 unspecified atom stereocenters. The van der Waals surface area contributed by atoms with E-state index in [1.165, 1.54) is 13.4 Å². The van der Waals surface area contributed by atoms with E-state index >= 15 is 0 Å². The number of nitrogens with two attached hydrogens (primary N) is 1. The number of fused-ring (bicyclic) bond motifs is 1. The van der Waals surface area contributed by atoms with E-state index in [4.69, 9.17) is 19.7 Å². The summed E-state index contributed by atoms with van der Waals surface area (Å²) < 4.78 is 35.0. The summed E-state index contributed by atoms with van der Waals surface area (Å²) in [4.78, 5) is 22.1. The molecule has 0 spiro atoms. The number of phosphoric ester groups is 1. The Labute approximate surface area is 150 Å². The normalized spacial score (nSPS) is 28.9. The van der Waals surface area contributed by atoms with Gasteiger partial charge in [-0.25, -0.2) is 19.5 Å². The number of imidazole rings is 1. The summed E-state index contributed by atoms with van der Waals surface area (Å²) in [7, 11) is -1.56. The Morgan fingerprint density at radius 2 is 2.19 bits per heavy atom. The van der Waals surface area contributed by atoms with Crippen molar-refractivity contribution in [2.24, 2.45) is 0 Å². The molecule has 1 fully saturated rings. The van der Waals surface area contributed by atoms with E-state index in [-0.39, 0.29) is 5.82 Å². The molecule has 1 saturated heterocycles. The van der Waals surface area contributed by atoms with Crippen LogP contribution in [0.25, 0.3) is 11.2 Å². The molecular formula is C14H22N5O6P. The first-order valence-electron chi connectivity index (χ1n) is 8.08. The van der Waals surface area contributed by atoms with Crippen molar-refractivity contribution >= 4 is 24.8 Å². The van der Waals surface area contributed by atoms with Crippen molar-refractivity contribution in [3.8, 4) is 0 Å². The van der Waals surface area contributed by atoms with E-state index in [1.807, 2.05) is 6.92 Å². The van der Waals surface area contributed by atoms with Gasteiger partial charge in [-0.3, -0.25) is 13.6 Å². The lowest BCUT2D eigenvalue weighted by Crippen LogP contribution is -2.48. The maximum Gasteiger partial charge on any atom is 0.472 e. The predicted octanol–water partition coefficient (Wildman–Crippen LogP) is 1.25. The van der Waals surface area contributed by atoms with Gasteiger partial charge >= 0.3 is 7.82 Å². The number of hydrogen-bond donors (Lipinski definition) is 2. The van der Waals surface area contributed by atoms with Gasteiger partial charge < -0.3 is 20.1 Å². The minimum atomic E-state index is -4.18. The minimum Gasteiger partial charge on any atom is -0.382 e. The number of hydrogen-bond acceptors (Lipinski definition) is 9. The maximum absolute atomic E-state index is 11.9. The van der Waals surface area contributed by atoms with Crippen molar-refractivity contribution in [2.75, 3.05) is 20.0 Å². The standard InChI is InChI=1S/C14H22N5O6P/c1-4-8-12(25-26(20,21)23-3)9(22-2)5-10(24-8)19-7-18-11-13(15)16-6-17-14(11)19/h6-10,12H,4-5H2,1-3H3,(H,20,21)(H2,15,16,17)/t8-,9-,10-,12?/m1/s1. The van der Waals surface area contributed by atoms with Crippen LogP contribution in [-0.4, -0.2) is 56.9 Å². The van der Waals surface area contributed by atoms with Crippen molar-refractivity contribution in [3.05, 3.63) is 12.7 Å². The molecule has 0 aliphatic carbocycles. The van der Waals surface area contributed by atoms with Crippen LogP contribution in [0.2, 0.25) is 0 Å². The lowest BCUT2D eigenvalue weighted by molar-refractivity contribution is -0.193. The lowest BCUT2D eigenvalue weighted by atomic mass is 9.98. The van der Waals surface area contributed by atoms with Crippen LogP contribution < -0.4 is 5.73 Å². The van der Waals surface area contributed by atoms with Crippen molar-refractivity contribution in [3.63, 3.8) is 0 Å². The number of phosphoric acid groups is 1. The highest BCUT2D eigenvalue weighted by Crippen LogP contribution is 2.47. The summed E-state index contributed by atoms with van der Waals surface area (Å²) in [5, 5.41) is 0. The SMILES string of the molecule is CC[C@H]1O[C@@H](n2cnc3c(N)ncnc32)C[C@@H](OC)C1OP(=O)(O)OC. The van der Waals surface area contributed by atoms with Gasteiger partial charge in [-0.05, 0) is 6.42 Å². The predicted molar refractivity (Wildman–Crippen MR) is 91.1 cm³/mol. The van der Waals surface area contributed by atoms with Gasteiger partial charge in [0, 0.05) is 20.6 Å². The van der Waals surface area contributed by atoms with E-state index in [1.54, 1.807) is 10.9 Å². The summed E-state index contributed by atoms with van der Waals surface area (Å²) in [5.74, 6) is 0.280. The maximum atomic E-state index is 11.9. The van der Waals surface area contributed by atoms with Crippen LogP contribution in [0.5, 0.6) is 0 Å². The van der Waals surface area contributed by atoms with Crippen LogP contribution in [0.15, 0.2) is 12.7 Å². The molecule has 12 heteroatoms. The summed E-state index contributed by atoms with van der Waals surface area (Å²) in [6.07, 6.45) is 1.63. The first kappa shape index (κ1) is 19.2. The van der Waals surface area contributed by atoms with Crippen molar-refractivity contribution in [1.82, 2.24) is 19.5 Å². The molecule has 2 aromatic rings. The molecule has 1 aliphatic rings. The summed E-state index contributed by atoms with van der Waals surface area (Å²) in [6.45, 7) is 1.89. The molecule has 1 aliphatic heterocycles. The number of methoxy groups -OCH3 is 1. The van der Waals surface area contributed by atoms with Gasteiger partial charge in [0.15, 0.2) is 11.5 Å². The molecule has 0 radical (unpaired) electrons. The minimum absolute atomic E-state index is 0.280. The van der Waals surface area contributed by atoms with Gasteiger partial charge in [0.1, 0.15) is 24.2 Å². The largest absolute Gasteiger partial charge is 0.472 e. The monoisotopic (exact) mass is 387 g/mol. The fourth-order valence-corrected chi connectivity index (χ4v) is 3.72. The topological polar surface area (TPSA) is 144 Å².